The molecule has 0 aliphatic carbocycles. The lowest BCUT2D eigenvalue weighted by Crippen LogP contribution is -2.27. The number of rotatable bonds is 10. The molecule has 0 amide bonds. The Labute approximate surface area is 199 Å². The molecule has 0 bridgehead atoms. The molecule has 0 spiro atoms. The van der Waals surface area contributed by atoms with Crippen LogP contribution in [0.15, 0.2) is 42.5 Å². The highest BCUT2D eigenvalue weighted by molar-refractivity contribution is 5.73. The summed E-state index contributed by atoms with van der Waals surface area (Å²) < 4.78 is 40.6. The van der Waals surface area contributed by atoms with E-state index in [0.29, 0.717) is 6.54 Å². The van der Waals surface area contributed by atoms with Gasteiger partial charge in [-0.2, -0.15) is 4.98 Å². The van der Waals surface area contributed by atoms with Crippen molar-refractivity contribution in [3.63, 3.8) is 0 Å². The van der Waals surface area contributed by atoms with Gasteiger partial charge in [0.2, 0.25) is 0 Å². The molecule has 8 nitrogen and oxygen atoms in total. The summed E-state index contributed by atoms with van der Waals surface area (Å²) in [4.78, 5) is 26.2. The molecule has 35 heavy (non-hydrogen) atoms. The minimum Gasteiger partial charge on any atom is -0.481 e. The van der Waals surface area contributed by atoms with E-state index in [1.165, 1.54) is 6.92 Å². The lowest BCUT2D eigenvalue weighted by molar-refractivity contribution is -0.145. The number of carboxylic acid groups (broad SMARTS) is 2. The molecule has 184 valence electrons. The highest BCUT2D eigenvalue weighted by Crippen LogP contribution is 2.34. The molecule has 0 aliphatic rings. The van der Waals surface area contributed by atoms with Gasteiger partial charge in [-0.3, -0.25) is 4.79 Å². The van der Waals surface area contributed by atoms with Gasteiger partial charge in [0.15, 0.2) is 17.7 Å². The van der Waals surface area contributed by atoms with Crippen LogP contribution in [0.25, 0.3) is 11.1 Å². The van der Waals surface area contributed by atoms with Crippen molar-refractivity contribution in [3.05, 3.63) is 70.8 Å². The van der Waals surface area contributed by atoms with Gasteiger partial charge in [-0.05, 0) is 53.8 Å². The van der Waals surface area contributed by atoms with E-state index in [4.69, 9.17) is 20.3 Å². The van der Waals surface area contributed by atoms with Gasteiger partial charge in [0.25, 0.3) is 11.8 Å². The average molecular weight is 486 g/mol. The van der Waals surface area contributed by atoms with E-state index in [9.17, 15) is 19.1 Å². The molecule has 4 N–H and O–H groups in total. The molecule has 0 saturated carbocycles. The van der Waals surface area contributed by atoms with Crippen molar-refractivity contribution in [2.24, 2.45) is 5.73 Å². The third kappa shape index (κ3) is 6.10. The van der Waals surface area contributed by atoms with Gasteiger partial charge in [-0.15, -0.1) is 0 Å². The van der Waals surface area contributed by atoms with Crippen LogP contribution in [0.1, 0.15) is 30.0 Å². The Morgan fingerprint density at radius 2 is 1.77 bits per heavy atom. The highest BCUT2D eigenvalue weighted by Gasteiger charge is 2.28. The quantitative estimate of drug-likeness (QED) is 0.383. The van der Waals surface area contributed by atoms with E-state index < -0.39 is 53.4 Å². The van der Waals surface area contributed by atoms with Gasteiger partial charge in [0.1, 0.15) is 5.75 Å². The minimum absolute atomic E-state index is 0.0403. The molecule has 10 heteroatoms. The van der Waals surface area contributed by atoms with Crippen LogP contribution in [0.3, 0.4) is 0 Å². The van der Waals surface area contributed by atoms with Gasteiger partial charge in [-0.1, -0.05) is 31.2 Å². The first-order chi connectivity index (χ1) is 16.6. The van der Waals surface area contributed by atoms with Crippen LogP contribution in [0.5, 0.6) is 17.5 Å². The molecule has 3 aromatic rings. The van der Waals surface area contributed by atoms with Gasteiger partial charge in [-0.25, -0.2) is 13.6 Å². The SMILES string of the molecule is CC[C@@H](Oc1nc(Oc2cc(C)cc(-c3cccc(CN)c3)c2)c(F)c(CC(=O)O)c1F)C(=O)O. The van der Waals surface area contributed by atoms with Crippen molar-refractivity contribution < 1.29 is 38.1 Å². The molecule has 1 heterocycles. The number of aryl methyl sites for hydroxylation is 1. The van der Waals surface area contributed by atoms with E-state index in [2.05, 4.69) is 4.98 Å². The van der Waals surface area contributed by atoms with Gasteiger partial charge >= 0.3 is 11.9 Å². The Hall–Kier alpha value is -4.05. The van der Waals surface area contributed by atoms with Crippen molar-refractivity contribution in [1.29, 1.82) is 0 Å². The van der Waals surface area contributed by atoms with Crippen LogP contribution in [0.4, 0.5) is 8.78 Å². The lowest BCUT2D eigenvalue weighted by Gasteiger charge is -2.17. The van der Waals surface area contributed by atoms with Crippen LogP contribution in [0, 0.1) is 18.6 Å². The number of nitrogens with zero attached hydrogens (tertiary/aromatic N) is 1. The number of carboxylic acids is 2. The summed E-state index contributed by atoms with van der Waals surface area (Å²) >= 11 is 0. The first-order valence-corrected chi connectivity index (χ1v) is 10.7. The van der Waals surface area contributed by atoms with Crippen molar-refractivity contribution in [3.8, 4) is 28.6 Å². The number of carbonyl (C=O) groups is 2. The Morgan fingerprint density at radius 1 is 1.06 bits per heavy atom. The Bertz CT molecular complexity index is 1260. The predicted octanol–water partition coefficient (Wildman–Crippen LogP) is 4.46. The van der Waals surface area contributed by atoms with Crippen LogP contribution >= 0.6 is 0 Å². The zero-order chi connectivity index (χ0) is 25.7. The summed E-state index contributed by atoms with van der Waals surface area (Å²) in [6, 6.07) is 12.5. The Morgan fingerprint density at radius 3 is 2.40 bits per heavy atom. The number of ether oxygens (including phenoxy) is 2. The zero-order valence-corrected chi connectivity index (χ0v) is 19.0. The first-order valence-electron chi connectivity index (χ1n) is 10.7. The molecule has 3 rings (SSSR count). The van der Waals surface area contributed by atoms with Gasteiger partial charge in [0, 0.05) is 12.1 Å². The molecule has 0 aliphatic heterocycles. The average Bonchev–Trinajstić information content (AvgIpc) is 2.82. The summed E-state index contributed by atoms with van der Waals surface area (Å²) in [6.07, 6.45) is -2.54. The van der Waals surface area contributed by atoms with E-state index in [1.54, 1.807) is 19.1 Å². The van der Waals surface area contributed by atoms with Gasteiger partial charge < -0.3 is 25.4 Å². The van der Waals surface area contributed by atoms with Crippen molar-refractivity contribution in [2.45, 2.75) is 39.3 Å². The topological polar surface area (TPSA) is 132 Å². The molecular weight excluding hydrogens is 462 g/mol. The molecule has 1 aromatic heterocycles. The smallest absolute Gasteiger partial charge is 0.344 e. The van der Waals surface area contributed by atoms with E-state index in [-0.39, 0.29) is 12.2 Å². The summed E-state index contributed by atoms with van der Waals surface area (Å²) in [5.41, 5.74) is 8.09. The molecule has 0 fully saturated rings. The first kappa shape index (κ1) is 25.6. The van der Waals surface area contributed by atoms with E-state index >= 15 is 4.39 Å². The summed E-state index contributed by atoms with van der Waals surface area (Å²) in [6.45, 7) is 3.63. The third-order valence-corrected chi connectivity index (χ3v) is 5.10. The number of pyridine rings is 1. The normalized spacial score (nSPS) is 11.7. The maximum absolute atomic E-state index is 15.1. The molecule has 0 radical (unpaired) electrons. The second kappa shape index (κ2) is 10.9. The maximum Gasteiger partial charge on any atom is 0.344 e. The van der Waals surface area contributed by atoms with Crippen LogP contribution in [0.2, 0.25) is 0 Å². The molecule has 0 saturated heterocycles. The van der Waals surface area contributed by atoms with Crippen LogP contribution in [-0.2, 0) is 22.6 Å². The summed E-state index contributed by atoms with van der Waals surface area (Å²) in [5, 5.41) is 18.3. The Kier molecular flexibility index (Phi) is 7.98. The standard InChI is InChI=1S/C25H24F2N2O6/c1-3-19(25(32)33)35-24-22(27)18(11-20(30)31)21(26)23(29-24)34-17-8-13(2)7-16(10-17)15-6-4-5-14(9-15)12-28/h4-10,19H,3,11-12,28H2,1-2H3,(H,30,31)(H,32,33)/t19-/m1/s1. The number of benzene rings is 2. The maximum atomic E-state index is 15.1. The number of aromatic nitrogens is 1. The number of halogens is 2. The fourth-order valence-electron chi connectivity index (χ4n) is 3.40. The third-order valence-electron chi connectivity index (χ3n) is 5.10. The fraction of sp³-hybridized carbons (Fsp3) is 0.240. The summed E-state index contributed by atoms with van der Waals surface area (Å²) in [7, 11) is 0. The van der Waals surface area contributed by atoms with Crippen molar-refractivity contribution in [2.75, 3.05) is 0 Å². The highest BCUT2D eigenvalue weighted by atomic mass is 19.1. The largest absolute Gasteiger partial charge is 0.481 e. The number of aliphatic carboxylic acids is 2. The van der Waals surface area contributed by atoms with E-state index in [1.807, 2.05) is 30.3 Å². The molecular formula is C25H24F2N2O6. The van der Waals surface area contributed by atoms with E-state index in [0.717, 1.165) is 22.3 Å². The molecule has 0 unspecified atom stereocenters. The number of nitrogens with two attached hydrogens (primary N) is 1. The predicted molar refractivity (Wildman–Crippen MR) is 122 cm³/mol. The van der Waals surface area contributed by atoms with Crippen molar-refractivity contribution >= 4 is 11.9 Å². The number of hydrogen-bond donors (Lipinski definition) is 3. The zero-order valence-electron chi connectivity index (χ0n) is 19.0. The van der Waals surface area contributed by atoms with Crippen LogP contribution in [-0.4, -0.2) is 33.2 Å². The molecule has 1 atom stereocenters. The fourth-order valence-corrected chi connectivity index (χ4v) is 3.40. The number of hydrogen-bond acceptors (Lipinski definition) is 6. The second-order valence-electron chi connectivity index (χ2n) is 7.79. The van der Waals surface area contributed by atoms with Gasteiger partial charge in [0.05, 0.1) is 6.42 Å². The minimum atomic E-state index is -1.51. The Balaban J connectivity index is 2.07. The second-order valence-corrected chi connectivity index (χ2v) is 7.79. The summed E-state index contributed by atoms with van der Waals surface area (Å²) in [5.74, 6) is -7.08. The molecule has 2 aromatic carbocycles. The monoisotopic (exact) mass is 486 g/mol. The lowest BCUT2D eigenvalue weighted by atomic mass is 10.0. The van der Waals surface area contributed by atoms with Crippen molar-refractivity contribution in [1.82, 2.24) is 4.98 Å². The van der Waals surface area contributed by atoms with Crippen LogP contribution < -0.4 is 15.2 Å².